The van der Waals surface area contributed by atoms with Crippen molar-refractivity contribution in [3.8, 4) is 5.75 Å². The first-order valence-electron chi connectivity index (χ1n) is 11.9. The van der Waals surface area contributed by atoms with Crippen LogP contribution in [-0.2, 0) is 11.3 Å². The normalized spacial score (nSPS) is 20.1. The number of imide groups is 1. The number of amides is 2. The second-order valence-electron chi connectivity index (χ2n) is 10.2. The number of rotatable bonds is 5. The maximum absolute atomic E-state index is 13.0. The lowest BCUT2D eigenvalue weighted by Gasteiger charge is -2.36. The van der Waals surface area contributed by atoms with E-state index in [4.69, 9.17) is 9.47 Å². The number of carbonyl (C=O) groups is 2. The highest BCUT2D eigenvalue weighted by molar-refractivity contribution is 6.07. The van der Waals surface area contributed by atoms with E-state index in [0.717, 1.165) is 43.1 Å². The van der Waals surface area contributed by atoms with Gasteiger partial charge in [0.25, 0.3) is 5.91 Å². The summed E-state index contributed by atoms with van der Waals surface area (Å²) in [4.78, 5) is 28.8. The van der Waals surface area contributed by atoms with Crippen LogP contribution in [0, 0.1) is 5.92 Å². The molecule has 0 aromatic heterocycles. The fraction of sp³-hybridized carbons (Fsp3) is 0.481. The summed E-state index contributed by atoms with van der Waals surface area (Å²) in [7, 11) is 3.75. The monoisotopic (exact) mass is 465 g/mol. The van der Waals surface area contributed by atoms with Gasteiger partial charge in [-0.05, 0) is 81.0 Å². The smallest absolute Gasteiger partial charge is 0.417 e. The van der Waals surface area contributed by atoms with Crippen molar-refractivity contribution in [2.75, 3.05) is 38.7 Å². The van der Waals surface area contributed by atoms with Gasteiger partial charge in [-0.15, -0.1) is 0 Å². The van der Waals surface area contributed by atoms with E-state index in [2.05, 4.69) is 29.4 Å². The number of hydrogen-bond donors (Lipinski definition) is 1. The number of ether oxygens (including phenoxy) is 2. The third kappa shape index (κ3) is 5.20. The van der Waals surface area contributed by atoms with Gasteiger partial charge in [-0.1, -0.05) is 18.2 Å². The molecular formula is C27H35N3O4. The SMILES string of the molecule is COc1ccc([C@@H]2CCNC[C@H]2CN(C)c2ccc3c(c2)C(=O)N(C(=O)OC(C)(C)C)C3)cc1. The minimum absolute atomic E-state index is 0.249. The lowest BCUT2D eigenvalue weighted by atomic mass is 9.81. The van der Waals surface area contributed by atoms with Gasteiger partial charge in [-0.2, -0.15) is 0 Å². The lowest BCUT2D eigenvalue weighted by Crippen LogP contribution is -2.41. The number of carbonyl (C=O) groups excluding carboxylic acids is 2. The topological polar surface area (TPSA) is 71.1 Å². The van der Waals surface area contributed by atoms with Gasteiger partial charge < -0.3 is 19.7 Å². The summed E-state index contributed by atoms with van der Waals surface area (Å²) in [6.45, 7) is 8.44. The summed E-state index contributed by atoms with van der Waals surface area (Å²) in [6, 6.07) is 14.3. The summed E-state index contributed by atoms with van der Waals surface area (Å²) in [6.07, 6.45) is 0.484. The van der Waals surface area contributed by atoms with Crippen LogP contribution >= 0.6 is 0 Å². The van der Waals surface area contributed by atoms with Crippen LogP contribution in [0.15, 0.2) is 42.5 Å². The van der Waals surface area contributed by atoms with Crippen LogP contribution in [0.3, 0.4) is 0 Å². The zero-order valence-corrected chi connectivity index (χ0v) is 20.8. The van der Waals surface area contributed by atoms with E-state index in [1.807, 2.05) is 30.3 Å². The van der Waals surface area contributed by atoms with Gasteiger partial charge in [-0.3, -0.25) is 4.79 Å². The molecule has 0 unspecified atom stereocenters. The predicted octanol–water partition coefficient (Wildman–Crippen LogP) is 4.42. The standard InChI is InChI=1S/C27H35N3O4/c1-27(2,3)34-26(32)30-17-19-6-9-21(14-24(19)25(30)31)29(4)16-20-15-28-13-12-23(20)18-7-10-22(33-5)11-8-18/h6-11,14,20,23,28H,12-13,15-17H2,1-5H3/t20-,23-/m0/s1. The third-order valence-corrected chi connectivity index (χ3v) is 6.61. The van der Waals surface area contributed by atoms with Crippen molar-refractivity contribution in [3.05, 3.63) is 59.2 Å². The Labute approximate surface area is 202 Å². The van der Waals surface area contributed by atoms with Crippen molar-refractivity contribution >= 4 is 17.7 Å². The van der Waals surface area contributed by atoms with E-state index in [-0.39, 0.29) is 12.5 Å². The average molecular weight is 466 g/mol. The minimum Gasteiger partial charge on any atom is -0.497 e. The van der Waals surface area contributed by atoms with Crippen LogP contribution in [0.4, 0.5) is 10.5 Å². The van der Waals surface area contributed by atoms with Crippen molar-refractivity contribution < 1.29 is 19.1 Å². The molecule has 2 aromatic carbocycles. The van der Waals surface area contributed by atoms with Gasteiger partial charge in [0.2, 0.25) is 0 Å². The summed E-state index contributed by atoms with van der Waals surface area (Å²) in [5, 5.41) is 3.54. The first kappa shape index (κ1) is 24.1. The quantitative estimate of drug-likeness (QED) is 0.705. The van der Waals surface area contributed by atoms with Crippen LogP contribution < -0.4 is 15.0 Å². The van der Waals surface area contributed by atoms with Crippen LogP contribution in [-0.4, -0.2) is 56.3 Å². The molecule has 34 heavy (non-hydrogen) atoms. The van der Waals surface area contributed by atoms with Gasteiger partial charge in [0.05, 0.1) is 13.7 Å². The molecule has 1 N–H and O–H groups in total. The van der Waals surface area contributed by atoms with Gasteiger partial charge in [0.1, 0.15) is 11.4 Å². The molecule has 0 spiro atoms. The Kier molecular flexibility index (Phi) is 6.84. The molecule has 0 radical (unpaired) electrons. The average Bonchev–Trinajstić information content (AvgIpc) is 3.14. The number of benzene rings is 2. The minimum atomic E-state index is -0.647. The lowest BCUT2D eigenvalue weighted by molar-refractivity contribution is 0.0248. The number of fused-ring (bicyclic) bond motifs is 1. The number of nitrogens with zero attached hydrogens (tertiary/aromatic N) is 2. The van der Waals surface area contributed by atoms with Gasteiger partial charge in [0.15, 0.2) is 0 Å². The summed E-state index contributed by atoms with van der Waals surface area (Å²) < 4.78 is 10.7. The van der Waals surface area contributed by atoms with Crippen LogP contribution in [0.2, 0.25) is 0 Å². The molecule has 1 fully saturated rings. The van der Waals surface area contributed by atoms with Crippen molar-refractivity contribution in [1.82, 2.24) is 10.2 Å². The summed E-state index contributed by atoms with van der Waals surface area (Å²) >= 11 is 0. The van der Waals surface area contributed by atoms with Gasteiger partial charge in [0, 0.05) is 31.4 Å². The molecule has 2 aromatic rings. The fourth-order valence-corrected chi connectivity index (χ4v) is 4.85. The predicted molar refractivity (Wildman–Crippen MR) is 133 cm³/mol. The third-order valence-electron chi connectivity index (χ3n) is 6.61. The van der Waals surface area contributed by atoms with Crippen molar-refractivity contribution in [2.24, 2.45) is 5.92 Å². The number of hydrogen-bond acceptors (Lipinski definition) is 6. The Bertz CT molecular complexity index is 1040. The largest absolute Gasteiger partial charge is 0.497 e. The molecule has 2 aliphatic rings. The van der Waals surface area contributed by atoms with Crippen molar-refractivity contribution in [2.45, 2.75) is 45.3 Å². The summed E-state index contributed by atoms with van der Waals surface area (Å²) in [5.41, 5.74) is 3.08. The molecule has 0 bridgehead atoms. The van der Waals surface area contributed by atoms with E-state index in [9.17, 15) is 9.59 Å². The molecule has 4 rings (SSSR count). The van der Waals surface area contributed by atoms with Gasteiger partial charge in [-0.25, -0.2) is 9.69 Å². The number of methoxy groups -OCH3 is 1. The molecule has 7 heteroatoms. The number of piperidine rings is 1. The second-order valence-corrected chi connectivity index (χ2v) is 10.2. The molecular weight excluding hydrogens is 430 g/mol. The molecule has 2 amide bonds. The Morgan fingerprint density at radius 1 is 1.18 bits per heavy atom. The zero-order chi connectivity index (χ0) is 24.5. The Hall–Kier alpha value is -3.06. The van der Waals surface area contributed by atoms with E-state index in [0.29, 0.717) is 17.4 Å². The molecule has 1 saturated heterocycles. The fourth-order valence-electron chi connectivity index (χ4n) is 4.85. The van der Waals surface area contributed by atoms with E-state index < -0.39 is 11.7 Å². The molecule has 0 saturated carbocycles. The maximum atomic E-state index is 13.0. The summed E-state index contributed by atoms with van der Waals surface area (Å²) in [5.74, 6) is 1.45. The molecule has 182 valence electrons. The number of nitrogens with one attached hydrogen (secondary N) is 1. The Balaban J connectivity index is 1.47. The first-order valence-corrected chi connectivity index (χ1v) is 11.9. The highest BCUT2D eigenvalue weighted by Gasteiger charge is 2.35. The van der Waals surface area contributed by atoms with Crippen molar-refractivity contribution in [1.29, 1.82) is 0 Å². The number of anilines is 1. The van der Waals surface area contributed by atoms with E-state index in [1.54, 1.807) is 27.9 Å². The first-order chi connectivity index (χ1) is 16.2. The molecule has 0 aliphatic carbocycles. The molecule has 7 nitrogen and oxygen atoms in total. The molecule has 2 aliphatic heterocycles. The second kappa shape index (κ2) is 9.66. The molecule has 2 atom stereocenters. The van der Waals surface area contributed by atoms with Crippen molar-refractivity contribution in [3.63, 3.8) is 0 Å². The van der Waals surface area contributed by atoms with Crippen LogP contribution in [0.5, 0.6) is 5.75 Å². The highest BCUT2D eigenvalue weighted by atomic mass is 16.6. The van der Waals surface area contributed by atoms with Crippen LogP contribution in [0.1, 0.15) is 54.6 Å². The maximum Gasteiger partial charge on any atom is 0.417 e. The Morgan fingerprint density at radius 2 is 1.91 bits per heavy atom. The molecule has 2 heterocycles. The highest BCUT2D eigenvalue weighted by Crippen LogP contribution is 2.34. The zero-order valence-electron chi connectivity index (χ0n) is 20.8. The van der Waals surface area contributed by atoms with Gasteiger partial charge >= 0.3 is 6.09 Å². The van der Waals surface area contributed by atoms with E-state index >= 15 is 0 Å². The van der Waals surface area contributed by atoms with E-state index in [1.165, 1.54) is 10.5 Å². The van der Waals surface area contributed by atoms with Crippen LogP contribution in [0.25, 0.3) is 0 Å². The Morgan fingerprint density at radius 3 is 2.59 bits per heavy atom.